The largest absolute Gasteiger partial charge is 0.525 e. The summed E-state index contributed by atoms with van der Waals surface area (Å²) in [5.41, 5.74) is -1.09. The summed E-state index contributed by atoms with van der Waals surface area (Å²) in [5.74, 6) is 0.687. The maximum absolute atomic E-state index is 14.4. The number of hydrogen-bond donors (Lipinski definition) is 0. The molecule has 5 nitrogen and oxygen atoms in total. The van der Waals surface area contributed by atoms with E-state index in [2.05, 4.69) is 10.3 Å². The second-order valence-electron chi connectivity index (χ2n) is 7.28. The van der Waals surface area contributed by atoms with Crippen molar-refractivity contribution in [2.45, 2.75) is 64.7 Å². The zero-order valence-corrected chi connectivity index (χ0v) is 13.7. The van der Waals surface area contributed by atoms with Crippen LogP contribution in [0.1, 0.15) is 52.7 Å². The molecule has 0 bridgehead atoms. The second-order valence-corrected chi connectivity index (χ2v) is 7.28. The lowest BCUT2D eigenvalue weighted by Gasteiger charge is -2.32. The molecule has 0 unspecified atom stereocenters. The van der Waals surface area contributed by atoms with Crippen molar-refractivity contribution in [3.05, 3.63) is 17.6 Å². The average Bonchev–Trinajstić information content (AvgIpc) is 2.87. The van der Waals surface area contributed by atoms with Crippen LogP contribution in [0.15, 0.2) is 11.9 Å². The summed E-state index contributed by atoms with van der Waals surface area (Å²) in [7, 11) is -0.984. The minimum absolute atomic E-state index is 0.477. The molecule has 3 rings (SSSR count). The van der Waals surface area contributed by atoms with Crippen LogP contribution < -0.4 is 0 Å². The highest BCUT2D eigenvalue weighted by Gasteiger charge is 2.53. The number of nitrogens with zero attached hydrogens (tertiary/aromatic N) is 3. The zero-order valence-electron chi connectivity index (χ0n) is 13.7. The minimum atomic E-state index is -0.984. The first kappa shape index (κ1) is 15.7. The molecule has 1 aliphatic heterocycles. The topological polar surface area (TPSA) is 49.2 Å². The predicted octanol–water partition coefficient (Wildman–Crippen LogP) is 3.02. The lowest BCUT2D eigenvalue weighted by atomic mass is 9.85. The standard InChI is InChI=1S/C15H23BFN3O2/c1-14(2)15(3,4)22-16(21-14)13(17)8-12-10-20(19-18-12)9-11-6-5-7-11/h8,10-11H,5-7,9H2,1-4H3. The van der Waals surface area contributed by atoms with Gasteiger partial charge >= 0.3 is 7.12 Å². The average molecular weight is 307 g/mol. The van der Waals surface area contributed by atoms with E-state index in [0.717, 1.165) is 6.54 Å². The fourth-order valence-corrected chi connectivity index (χ4v) is 2.57. The van der Waals surface area contributed by atoms with Crippen LogP contribution in [-0.4, -0.2) is 33.3 Å². The van der Waals surface area contributed by atoms with Crippen LogP contribution in [0.4, 0.5) is 4.39 Å². The molecular formula is C15H23BFN3O2. The fourth-order valence-electron chi connectivity index (χ4n) is 2.57. The van der Waals surface area contributed by atoms with Gasteiger partial charge in [-0.2, -0.15) is 0 Å². The Bertz CT molecular complexity index is 565. The van der Waals surface area contributed by atoms with Gasteiger partial charge in [0.25, 0.3) is 0 Å². The molecule has 0 atom stereocenters. The third-order valence-corrected chi connectivity index (χ3v) is 4.99. The van der Waals surface area contributed by atoms with Gasteiger partial charge in [-0.25, -0.2) is 4.39 Å². The van der Waals surface area contributed by atoms with Gasteiger partial charge in [-0.15, -0.1) is 5.10 Å². The Balaban J connectivity index is 1.67. The van der Waals surface area contributed by atoms with Gasteiger partial charge in [0.05, 0.1) is 17.4 Å². The van der Waals surface area contributed by atoms with Crippen molar-refractivity contribution >= 4 is 13.2 Å². The van der Waals surface area contributed by atoms with Gasteiger partial charge in [-0.3, -0.25) is 4.68 Å². The molecule has 0 radical (unpaired) electrons. The summed E-state index contributed by atoms with van der Waals surface area (Å²) in [6.07, 6.45) is 6.89. The molecule has 7 heteroatoms. The molecule has 0 N–H and O–H groups in total. The van der Waals surface area contributed by atoms with Crippen LogP contribution in [0.5, 0.6) is 0 Å². The fraction of sp³-hybridized carbons (Fsp3) is 0.733. The van der Waals surface area contributed by atoms with E-state index in [1.54, 1.807) is 10.9 Å². The Labute approximate surface area is 131 Å². The second kappa shape index (κ2) is 5.46. The van der Waals surface area contributed by atoms with E-state index in [1.165, 1.54) is 25.3 Å². The SMILES string of the molecule is CC1(C)OB(C(F)=Cc2cn(CC3CCC3)nn2)OC1(C)C. The summed E-state index contributed by atoms with van der Waals surface area (Å²) in [6, 6.07) is 0. The van der Waals surface area contributed by atoms with Crippen molar-refractivity contribution in [1.82, 2.24) is 15.0 Å². The van der Waals surface area contributed by atoms with E-state index < -0.39 is 24.0 Å². The smallest absolute Gasteiger partial charge is 0.398 e. The van der Waals surface area contributed by atoms with Crippen LogP contribution in [0, 0.1) is 5.92 Å². The van der Waals surface area contributed by atoms with Gasteiger partial charge in [0.15, 0.2) is 0 Å². The summed E-state index contributed by atoms with van der Waals surface area (Å²) in [4.78, 5) is 0. The molecule has 1 aliphatic carbocycles. The van der Waals surface area contributed by atoms with E-state index >= 15 is 0 Å². The first-order valence-electron chi connectivity index (χ1n) is 7.90. The van der Waals surface area contributed by atoms with E-state index in [9.17, 15) is 4.39 Å². The number of halogens is 1. The Kier molecular flexibility index (Phi) is 3.89. The molecular weight excluding hydrogens is 284 g/mol. The minimum Gasteiger partial charge on any atom is -0.398 e. The lowest BCUT2D eigenvalue weighted by molar-refractivity contribution is 0.00578. The quantitative estimate of drug-likeness (QED) is 0.802. The summed E-state index contributed by atoms with van der Waals surface area (Å²) in [6.45, 7) is 8.45. The van der Waals surface area contributed by atoms with Crippen molar-refractivity contribution < 1.29 is 13.7 Å². The first-order valence-corrected chi connectivity index (χ1v) is 7.90. The van der Waals surface area contributed by atoms with E-state index in [4.69, 9.17) is 9.31 Å². The van der Waals surface area contributed by atoms with Crippen LogP contribution in [-0.2, 0) is 15.9 Å². The van der Waals surface area contributed by atoms with Gasteiger partial charge in [-0.05, 0) is 52.5 Å². The Morgan fingerprint density at radius 2 is 2.00 bits per heavy atom. The number of aromatic nitrogens is 3. The molecule has 0 amide bonds. The Morgan fingerprint density at radius 3 is 2.55 bits per heavy atom. The molecule has 22 heavy (non-hydrogen) atoms. The van der Waals surface area contributed by atoms with Crippen LogP contribution in [0.25, 0.3) is 6.08 Å². The Morgan fingerprint density at radius 1 is 1.36 bits per heavy atom. The number of rotatable bonds is 4. The summed E-state index contributed by atoms with van der Waals surface area (Å²) < 4.78 is 27.5. The van der Waals surface area contributed by atoms with Gasteiger partial charge in [-0.1, -0.05) is 11.6 Å². The summed E-state index contributed by atoms with van der Waals surface area (Å²) >= 11 is 0. The van der Waals surface area contributed by atoms with Crippen molar-refractivity contribution in [3.63, 3.8) is 0 Å². The molecule has 0 spiro atoms. The molecule has 0 aromatic carbocycles. The van der Waals surface area contributed by atoms with Gasteiger partial charge in [0, 0.05) is 6.54 Å². The lowest BCUT2D eigenvalue weighted by Crippen LogP contribution is -2.41. The molecule has 1 saturated carbocycles. The summed E-state index contributed by atoms with van der Waals surface area (Å²) in [5, 5.41) is 8.05. The monoisotopic (exact) mass is 307 g/mol. The van der Waals surface area contributed by atoms with Crippen molar-refractivity contribution in [1.29, 1.82) is 0 Å². The zero-order chi connectivity index (χ0) is 16.0. The van der Waals surface area contributed by atoms with E-state index in [-0.39, 0.29) is 0 Å². The van der Waals surface area contributed by atoms with Crippen LogP contribution >= 0.6 is 0 Å². The maximum Gasteiger partial charge on any atom is 0.525 e. The van der Waals surface area contributed by atoms with Gasteiger partial charge in [0.2, 0.25) is 0 Å². The molecule has 1 saturated heterocycles. The van der Waals surface area contributed by atoms with Gasteiger partial charge in [0.1, 0.15) is 11.4 Å². The molecule has 1 aromatic rings. The predicted molar refractivity (Wildman–Crippen MR) is 82.5 cm³/mol. The molecule has 2 aliphatic rings. The highest BCUT2D eigenvalue weighted by atomic mass is 19.1. The normalized spacial score (nSPS) is 24.6. The van der Waals surface area contributed by atoms with Gasteiger partial charge < -0.3 is 9.31 Å². The molecule has 2 fully saturated rings. The van der Waals surface area contributed by atoms with Crippen LogP contribution in [0.3, 0.4) is 0 Å². The number of hydrogen-bond acceptors (Lipinski definition) is 4. The molecule has 1 aromatic heterocycles. The van der Waals surface area contributed by atoms with Crippen molar-refractivity contribution in [2.75, 3.05) is 0 Å². The van der Waals surface area contributed by atoms with Crippen molar-refractivity contribution in [2.24, 2.45) is 5.92 Å². The highest BCUT2D eigenvalue weighted by Crippen LogP contribution is 2.39. The van der Waals surface area contributed by atoms with E-state index in [0.29, 0.717) is 11.6 Å². The third-order valence-electron chi connectivity index (χ3n) is 4.99. The molecule has 2 heterocycles. The van der Waals surface area contributed by atoms with Crippen LogP contribution in [0.2, 0.25) is 0 Å². The maximum atomic E-state index is 14.4. The van der Waals surface area contributed by atoms with E-state index in [1.807, 2.05) is 27.7 Å². The first-order chi connectivity index (χ1) is 10.3. The molecule has 120 valence electrons. The Hall–Kier alpha value is -1.21. The third kappa shape index (κ3) is 2.97. The highest BCUT2D eigenvalue weighted by molar-refractivity contribution is 6.54. The van der Waals surface area contributed by atoms with Crippen molar-refractivity contribution in [3.8, 4) is 0 Å².